The van der Waals surface area contributed by atoms with E-state index in [1.807, 2.05) is 79.7 Å². The summed E-state index contributed by atoms with van der Waals surface area (Å²) in [6.07, 6.45) is 1.59. The lowest BCUT2D eigenvalue weighted by Crippen LogP contribution is -2.23. The van der Waals surface area contributed by atoms with Crippen molar-refractivity contribution in [2.24, 2.45) is 0 Å². The first kappa shape index (κ1) is 25.8. The minimum absolute atomic E-state index is 0.158. The summed E-state index contributed by atoms with van der Waals surface area (Å²) in [5, 5.41) is 6.84. The molecule has 0 radical (unpaired) electrons. The van der Waals surface area contributed by atoms with Crippen molar-refractivity contribution in [1.82, 2.24) is 10.5 Å². The number of amides is 1. The standard InChI is InChI=1S/C31H32N2O4/c1-5-24-29(31(34)32-6-2)33-37-30(24)26-17-25(21(3)4)27(35-19-22-13-9-7-10-14-22)18-28(26)36-20-23-15-11-8-12-16-23/h5,7-18,21H,1,6,19-20H2,2-4H3,(H,32,34). The fourth-order valence-corrected chi connectivity index (χ4v) is 4.01. The van der Waals surface area contributed by atoms with E-state index in [0.29, 0.717) is 42.4 Å². The SMILES string of the molecule is C=Cc1c(C(=O)NCC)noc1-c1cc(C(C)C)c(OCc2ccccc2)cc1OCc1ccccc1. The van der Waals surface area contributed by atoms with Gasteiger partial charge in [-0.2, -0.15) is 0 Å². The largest absolute Gasteiger partial charge is 0.488 e. The van der Waals surface area contributed by atoms with Gasteiger partial charge in [0.15, 0.2) is 11.5 Å². The maximum absolute atomic E-state index is 12.6. The van der Waals surface area contributed by atoms with E-state index < -0.39 is 0 Å². The maximum Gasteiger partial charge on any atom is 0.274 e. The number of carbonyl (C=O) groups is 1. The lowest BCUT2D eigenvalue weighted by atomic mass is 9.96. The van der Waals surface area contributed by atoms with Crippen molar-refractivity contribution in [3.63, 3.8) is 0 Å². The Balaban J connectivity index is 1.79. The highest BCUT2D eigenvalue weighted by atomic mass is 16.5. The first-order valence-electron chi connectivity index (χ1n) is 12.4. The van der Waals surface area contributed by atoms with Gasteiger partial charge in [-0.25, -0.2) is 0 Å². The highest BCUT2D eigenvalue weighted by molar-refractivity contribution is 5.98. The van der Waals surface area contributed by atoms with Crippen molar-refractivity contribution in [1.29, 1.82) is 0 Å². The zero-order valence-electron chi connectivity index (χ0n) is 21.5. The molecule has 0 spiro atoms. The lowest BCUT2D eigenvalue weighted by Gasteiger charge is -2.19. The number of hydrogen-bond donors (Lipinski definition) is 1. The molecular formula is C31H32N2O4. The van der Waals surface area contributed by atoms with Gasteiger partial charge in [-0.05, 0) is 35.6 Å². The quantitative estimate of drug-likeness (QED) is 0.242. The van der Waals surface area contributed by atoms with Gasteiger partial charge in [0.1, 0.15) is 24.7 Å². The van der Waals surface area contributed by atoms with E-state index in [-0.39, 0.29) is 17.5 Å². The molecule has 1 N–H and O–H groups in total. The molecule has 0 bridgehead atoms. The average molecular weight is 497 g/mol. The van der Waals surface area contributed by atoms with Crippen LogP contribution in [0.2, 0.25) is 0 Å². The topological polar surface area (TPSA) is 73.6 Å². The summed E-state index contributed by atoms with van der Waals surface area (Å²) in [5.41, 5.74) is 4.48. The van der Waals surface area contributed by atoms with Crippen LogP contribution >= 0.6 is 0 Å². The number of nitrogens with one attached hydrogen (secondary N) is 1. The molecule has 190 valence electrons. The second-order valence-corrected chi connectivity index (χ2v) is 8.93. The van der Waals surface area contributed by atoms with Gasteiger partial charge in [-0.3, -0.25) is 4.79 Å². The molecule has 0 aliphatic rings. The Morgan fingerprint density at radius 1 is 0.973 bits per heavy atom. The van der Waals surface area contributed by atoms with E-state index in [4.69, 9.17) is 14.0 Å². The van der Waals surface area contributed by atoms with Crippen LogP contribution < -0.4 is 14.8 Å². The Morgan fingerprint density at radius 3 is 2.11 bits per heavy atom. The van der Waals surface area contributed by atoms with E-state index in [9.17, 15) is 4.79 Å². The molecule has 0 atom stereocenters. The third-order valence-corrected chi connectivity index (χ3v) is 5.94. The Labute approximate surface area is 217 Å². The highest BCUT2D eigenvalue weighted by Crippen LogP contribution is 2.42. The summed E-state index contributed by atoms with van der Waals surface area (Å²) < 4.78 is 18.3. The van der Waals surface area contributed by atoms with Crippen LogP contribution in [-0.2, 0) is 13.2 Å². The van der Waals surface area contributed by atoms with Gasteiger partial charge in [-0.1, -0.05) is 92.3 Å². The number of nitrogens with zero attached hydrogens (tertiary/aromatic N) is 1. The van der Waals surface area contributed by atoms with Crippen LogP contribution in [0, 0.1) is 0 Å². The van der Waals surface area contributed by atoms with Crippen molar-refractivity contribution in [3.05, 3.63) is 107 Å². The third-order valence-electron chi connectivity index (χ3n) is 5.94. The van der Waals surface area contributed by atoms with E-state index >= 15 is 0 Å². The van der Waals surface area contributed by atoms with Crippen LogP contribution in [0.25, 0.3) is 17.4 Å². The van der Waals surface area contributed by atoms with E-state index in [2.05, 4.69) is 30.9 Å². The normalized spacial score (nSPS) is 10.8. The number of rotatable bonds is 11. The first-order valence-corrected chi connectivity index (χ1v) is 12.4. The Hall–Kier alpha value is -4.32. The molecule has 6 nitrogen and oxygen atoms in total. The minimum Gasteiger partial charge on any atom is -0.488 e. The molecule has 0 aliphatic heterocycles. The molecule has 1 amide bonds. The number of benzene rings is 3. The first-order chi connectivity index (χ1) is 18.0. The molecule has 0 fully saturated rings. The van der Waals surface area contributed by atoms with Gasteiger partial charge in [0, 0.05) is 12.6 Å². The zero-order valence-corrected chi connectivity index (χ0v) is 21.5. The number of aromatic nitrogens is 1. The highest BCUT2D eigenvalue weighted by Gasteiger charge is 2.25. The van der Waals surface area contributed by atoms with Gasteiger partial charge in [0.05, 0.1) is 11.1 Å². The van der Waals surface area contributed by atoms with Crippen molar-refractivity contribution in [2.75, 3.05) is 6.54 Å². The number of hydrogen-bond acceptors (Lipinski definition) is 5. The molecule has 0 aliphatic carbocycles. The van der Waals surface area contributed by atoms with E-state index in [0.717, 1.165) is 22.4 Å². The van der Waals surface area contributed by atoms with Crippen LogP contribution in [-0.4, -0.2) is 17.6 Å². The molecule has 0 unspecified atom stereocenters. The van der Waals surface area contributed by atoms with Crippen LogP contribution in [0.4, 0.5) is 0 Å². The maximum atomic E-state index is 12.6. The summed E-state index contributed by atoms with van der Waals surface area (Å²) in [7, 11) is 0. The Kier molecular flexibility index (Phi) is 8.41. The van der Waals surface area contributed by atoms with E-state index in [1.165, 1.54) is 0 Å². The molecule has 4 rings (SSSR count). The number of carbonyl (C=O) groups excluding carboxylic acids is 1. The van der Waals surface area contributed by atoms with Gasteiger partial charge in [0.25, 0.3) is 5.91 Å². The van der Waals surface area contributed by atoms with Gasteiger partial charge in [-0.15, -0.1) is 0 Å². The molecule has 4 aromatic rings. The summed E-state index contributed by atoms with van der Waals surface area (Å²) in [4.78, 5) is 12.6. The predicted octanol–water partition coefficient (Wildman–Crippen LogP) is 7.02. The second kappa shape index (κ2) is 12.1. The molecule has 3 aromatic carbocycles. The van der Waals surface area contributed by atoms with Crippen LogP contribution in [0.5, 0.6) is 11.5 Å². The summed E-state index contributed by atoms with van der Waals surface area (Å²) in [6, 6.07) is 23.9. The molecular weight excluding hydrogens is 464 g/mol. The Morgan fingerprint density at radius 2 is 1.57 bits per heavy atom. The molecule has 1 aromatic heterocycles. The van der Waals surface area contributed by atoms with Gasteiger partial charge in [0.2, 0.25) is 0 Å². The third kappa shape index (κ3) is 6.09. The van der Waals surface area contributed by atoms with Crippen LogP contribution in [0.1, 0.15) is 59.4 Å². The summed E-state index contributed by atoms with van der Waals surface area (Å²) in [5.74, 6) is 1.57. The smallest absolute Gasteiger partial charge is 0.274 e. The summed E-state index contributed by atoms with van der Waals surface area (Å²) >= 11 is 0. The van der Waals surface area contributed by atoms with Crippen molar-refractivity contribution < 1.29 is 18.8 Å². The molecule has 0 saturated carbocycles. The van der Waals surface area contributed by atoms with Gasteiger partial charge < -0.3 is 19.3 Å². The Bertz CT molecular complexity index is 1340. The van der Waals surface area contributed by atoms with Crippen molar-refractivity contribution >= 4 is 12.0 Å². The van der Waals surface area contributed by atoms with Crippen LogP contribution in [0.15, 0.2) is 83.9 Å². The fourth-order valence-electron chi connectivity index (χ4n) is 4.01. The summed E-state index contributed by atoms with van der Waals surface area (Å²) in [6.45, 7) is 11.2. The molecule has 37 heavy (non-hydrogen) atoms. The lowest BCUT2D eigenvalue weighted by molar-refractivity contribution is 0.0946. The molecule has 1 heterocycles. The van der Waals surface area contributed by atoms with Crippen LogP contribution in [0.3, 0.4) is 0 Å². The van der Waals surface area contributed by atoms with Gasteiger partial charge >= 0.3 is 0 Å². The molecule has 6 heteroatoms. The second-order valence-electron chi connectivity index (χ2n) is 8.93. The molecule has 0 saturated heterocycles. The van der Waals surface area contributed by atoms with E-state index in [1.54, 1.807) is 6.08 Å². The van der Waals surface area contributed by atoms with Crippen molar-refractivity contribution in [3.8, 4) is 22.8 Å². The fraction of sp³-hybridized carbons (Fsp3) is 0.226. The zero-order chi connectivity index (χ0) is 26.2. The monoisotopic (exact) mass is 496 g/mol. The number of ether oxygens (including phenoxy) is 2. The predicted molar refractivity (Wildman–Crippen MR) is 146 cm³/mol. The average Bonchev–Trinajstić information content (AvgIpc) is 3.36. The minimum atomic E-state index is -0.314. The van der Waals surface area contributed by atoms with Crippen molar-refractivity contribution in [2.45, 2.75) is 39.9 Å².